The van der Waals surface area contributed by atoms with E-state index >= 15 is 0 Å². The first-order valence-electron chi connectivity index (χ1n) is 5.97. The maximum atomic E-state index is 12.7. The molecule has 0 fully saturated rings. The van der Waals surface area contributed by atoms with Crippen LogP contribution in [0.4, 0.5) is 4.39 Å². The van der Waals surface area contributed by atoms with Crippen LogP contribution >= 0.6 is 0 Å². The van der Waals surface area contributed by atoms with Crippen molar-refractivity contribution in [3.8, 4) is 5.75 Å². The predicted molar refractivity (Wildman–Crippen MR) is 68.7 cm³/mol. The second-order valence-corrected chi connectivity index (χ2v) is 4.17. The van der Waals surface area contributed by atoms with Crippen LogP contribution in [-0.4, -0.2) is 7.11 Å². The van der Waals surface area contributed by atoms with E-state index < -0.39 is 0 Å². The number of hydrogen-bond donors (Lipinski definition) is 1. The van der Waals surface area contributed by atoms with Crippen LogP contribution in [0.1, 0.15) is 11.1 Å². The van der Waals surface area contributed by atoms with Gasteiger partial charge < -0.3 is 10.1 Å². The van der Waals surface area contributed by atoms with Crippen LogP contribution in [0.2, 0.25) is 0 Å². The number of quaternary nitrogens is 1. The first-order chi connectivity index (χ1) is 8.78. The van der Waals surface area contributed by atoms with E-state index in [1.807, 2.05) is 30.3 Å². The Labute approximate surface area is 106 Å². The van der Waals surface area contributed by atoms with Gasteiger partial charge in [-0.1, -0.05) is 24.3 Å². The van der Waals surface area contributed by atoms with Crippen LogP contribution in [0.5, 0.6) is 5.75 Å². The van der Waals surface area contributed by atoms with Crippen LogP contribution in [-0.2, 0) is 13.1 Å². The molecular weight excluding hydrogens is 229 g/mol. The molecule has 94 valence electrons. The molecule has 2 rings (SSSR count). The minimum absolute atomic E-state index is 0.188. The van der Waals surface area contributed by atoms with Crippen molar-refractivity contribution in [1.82, 2.24) is 0 Å². The van der Waals surface area contributed by atoms with Crippen LogP contribution < -0.4 is 10.1 Å². The third-order valence-electron chi connectivity index (χ3n) is 2.81. The number of hydrogen-bond acceptors (Lipinski definition) is 1. The number of halogens is 1. The van der Waals surface area contributed by atoms with Gasteiger partial charge in [-0.25, -0.2) is 4.39 Å². The molecular formula is C15H17FNO+. The summed E-state index contributed by atoms with van der Waals surface area (Å²) in [5.41, 5.74) is 2.34. The molecule has 2 nitrogen and oxygen atoms in total. The molecule has 0 heterocycles. The molecule has 2 aromatic carbocycles. The van der Waals surface area contributed by atoms with E-state index in [1.54, 1.807) is 7.11 Å². The molecule has 0 saturated carbocycles. The van der Waals surface area contributed by atoms with Crippen molar-refractivity contribution in [2.45, 2.75) is 13.1 Å². The average Bonchev–Trinajstić information content (AvgIpc) is 2.41. The van der Waals surface area contributed by atoms with Crippen molar-refractivity contribution < 1.29 is 14.4 Å². The molecule has 0 aliphatic carbocycles. The summed E-state index contributed by atoms with van der Waals surface area (Å²) in [6, 6.07) is 14.6. The zero-order valence-electron chi connectivity index (χ0n) is 10.4. The predicted octanol–water partition coefficient (Wildman–Crippen LogP) is 2.10. The molecule has 2 aromatic rings. The first-order valence-corrected chi connectivity index (χ1v) is 5.97. The van der Waals surface area contributed by atoms with Crippen molar-refractivity contribution >= 4 is 0 Å². The zero-order valence-corrected chi connectivity index (χ0v) is 10.4. The maximum Gasteiger partial charge on any atom is 0.123 e. The molecule has 0 radical (unpaired) electrons. The number of methoxy groups -OCH3 is 1. The van der Waals surface area contributed by atoms with Gasteiger partial charge in [0, 0.05) is 11.1 Å². The summed E-state index contributed by atoms with van der Waals surface area (Å²) < 4.78 is 17.9. The summed E-state index contributed by atoms with van der Waals surface area (Å²) in [5, 5.41) is 2.18. The van der Waals surface area contributed by atoms with Gasteiger partial charge in [-0.2, -0.15) is 0 Å². The SMILES string of the molecule is COc1cccc(C[NH2+]Cc2ccc(F)cc2)c1. The highest BCUT2D eigenvalue weighted by Gasteiger charge is 1.99. The van der Waals surface area contributed by atoms with Gasteiger partial charge in [0.05, 0.1) is 7.11 Å². The van der Waals surface area contributed by atoms with Crippen LogP contribution in [0.15, 0.2) is 48.5 Å². The summed E-state index contributed by atoms with van der Waals surface area (Å²) in [6.45, 7) is 1.73. The Morgan fingerprint density at radius 2 is 1.72 bits per heavy atom. The van der Waals surface area contributed by atoms with Crippen molar-refractivity contribution in [3.05, 3.63) is 65.5 Å². The Morgan fingerprint density at radius 3 is 2.44 bits per heavy atom. The number of nitrogens with two attached hydrogens (primary N) is 1. The van der Waals surface area contributed by atoms with Crippen molar-refractivity contribution in [2.75, 3.05) is 7.11 Å². The third-order valence-corrected chi connectivity index (χ3v) is 2.81. The fourth-order valence-corrected chi connectivity index (χ4v) is 1.83. The summed E-state index contributed by atoms with van der Waals surface area (Å²) in [5.74, 6) is 0.689. The zero-order chi connectivity index (χ0) is 12.8. The lowest BCUT2D eigenvalue weighted by Gasteiger charge is -2.04. The second-order valence-electron chi connectivity index (χ2n) is 4.17. The van der Waals surface area contributed by atoms with E-state index in [4.69, 9.17) is 4.74 Å². The van der Waals surface area contributed by atoms with Gasteiger partial charge in [-0.3, -0.25) is 0 Å². The highest BCUT2D eigenvalue weighted by molar-refractivity contribution is 5.27. The normalized spacial score (nSPS) is 10.3. The number of benzene rings is 2. The fourth-order valence-electron chi connectivity index (χ4n) is 1.83. The molecule has 0 aromatic heterocycles. The van der Waals surface area contributed by atoms with E-state index in [9.17, 15) is 4.39 Å². The number of rotatable bonds is 5. The van der Waals surface area contributed by atoms with Crippen LogP contribution in [0.3, 0.4) is 0 Å². The molecule has 0 amide bonds. The summed E-state index contributed by atoms with van der Waals surface area (Å²) >= 11 is 0. The molecule has 0 spiro atoms. The molecule has 0 atom stereocenters. The highest BCUT2D eigenvalue weighted by atomic mass is 19.1. The van der Waals surface area contributed by atoms with Gasteiger partial charge >= 0.3 is 0 Å². The second kappa shape index (κ2) is 6.17. The molecule has 0 saturated heterocycles. The average molecular weight is 246 g/mol. The summed E-state index contributed by atoms with van der Waals surface area (Å²) in [7, 11) is 1.67. The van der Waals surface area contributed by atoms with E-state index in [2.05, 4.69) is 11.4 Å². The van der Waals surface area contributed by atoms with E-state index in [0.717, 1.165) is 24.4 Å². The van der Waals surface area contributed by atoms with Gasteiger partial charge in [0.2, 0.25) is 0 Å². The Bertz CT molecular complexity index is 496. The Kier molecular flexibility index (Phi) is 4.31. The molecule has 3 heteroatoms. The van der Waals surface area contributed by atoms with Gasteiger partial charge in [-0.15, -0.1) is 0 Å². The summed E-state index contributed by atoms with van der Waals surface area (Å²) in [4.78, 5) is 0. The lowest BCUT2D eigenvalue weighted by Crippen LogP contribution is -2.80. The minimum Gasteiger partial charge on any atom is -0.497 e. The smallest absolute Gasteiger partial charge is 0.123 e. The molecule has 0 aliphatic rings. The Morgan fingerprint density at radius 1 is 1.00 bits per heavy atom. The summed E-state index contributed by atoms with van der Waals surface area (Å²) in [6.07, 6.45) is 0. The van der Waals surface area contributed by atoms with E-state index in [-0.39, 0.29) is 5.82 Å². The highest BCUT2D eigenvalue weighted by Crippen LogP contribution is 2.11. The fraction of sp³-hybridized carbons (Fsp3) is 0.200. The van der Waals surface area contributed by atoms with Crippen molar-refractivity contribution in [1.29, 1.82) is 0 Å². The van der Waals surface area contributed by atoms with Gasteiger partial charge in [0.15, 0.2) is 0 Å². The molecule has 18 heavy (non-hydrogen) atoms. The molecule has 0 bridgehead atoms. The van der Waals surface area contributed by atoms with E-state index in [1.165, 1.54) is 17.7 Å². The lowest BCUT2D eigenvalue weighted by molar-refractivity contribution is -0.686. The quantitative estimate of drug-likeness (QED) is 0.859. The van der Waals surface area contributed by atoms with Crippen molar-refractivity contribution in [3.63, 3.8) is 0 Å². The number of ether oxygens (including phenoxy) is 1. The van der Waals surface area contributed by atoms with Gasteiger partial charge in [0.25, 0.3) is 0 Å². The van der Waals surface area contributed by atoms with Crippen molar-refractivity contribution in [2.24, 2.45) is 0 Å². The molecule has 0 aliphatic heterocycles. The minimum atomic E-state index is -0.188. The monoisotopic (exact) mass is 246 g/mol. The molecule has 2 N–H and O–H groups in total. The lowest BCUT2D eigenvalue weighted by atomic mass is 10.2. The van der Waals surface area contributed by atoms with Gasteiger partial charge in [-0.05, 0) is 24.3 Å². The van der Waals surface area contributed by atoms with Crippen LogP contribution in [0.25, 0.3) is 0 Å². The Balaban J connectivity index is 1.86. The molecule has 0 unspecified atom stereocenters. The maximum absolute atomic E-state index is 12.7. The Hall–Kier alpha value is -1.87. The topological polar surface area (TPSA) is 25.8 Å². The van der Waals surface area contributed by atoms with Gasteiger partial charge in [0.1, 0.15) is 24.7 Å². The largest absolute Gasteiger partial charge is 0.497 e. The first kappa shape index (κ1) is 12.6. The van der Waals surface area contributed by atoms with E-state index in [0.29, 0.717) is 0 Å². The third kappa shape index (κ3) is 3.57. The standard InChI is InChI=1S/C15H16FNO/c1-18-15-4-2-3-13(9-15)11-17-10-12-5-7-14(16)8-6-12/h2-9,17H,10-11H2,1H3/p+1. The van der Waals surface area contributed by atoms with Crippen LogP contribution in [0, 0.1) is 5.82 Å².